The Bertz CT molecular complexity index is 414. The van der Waals surface area contributed by atoms with Crippen molar-refractivity contribution in [2.45, 2.75) is 12.8 Å². The van der Waals surface area contributed by atoms with Crippen molar-refractivity contribution < 1.29 is 9.90 Å². The number of piperidine rings is 1. The van der Waals surface area contributed by atoms with Crippen molar-refractivity contribution in [2.75, 3.05) is 26.2 Å². The quantitative estimate of drug-likeness (QED) is 0.851. The van der Waals surface area contributed by atoms with E-state index in [1.54, 1.807) is 12.1 Å². The Morgan fingerprint density at radius 2 is 2.00 bits per heavy atom. The maximum atomic E-state index is 12.1. The van der Waals surface area contributed by atoms with Gasteiger partial charge in [0.05, 0.1) is 11.6 Å². The van der Waals surface area contributed by atoms with E-state index in [0.29, 0.717) is 23.0 Å². The minimum Gasteiger partial charge on any atom is -0.396 e. The summed E-state index contributed by atoms with van der Waals surface area (Å²) in [4.78, 5) is 14.2. The van der Waals surface area contributed by atoms with Crippen LogP contribution < -0.4 is 0 Å². The van der Waals surface area contributed by atoms with Gasteiger partial charge in [0, 0.05) is 12.2 Å². The molecule has 1 N–H and O–H groups in total. The Labute approximate surface area is 112 Å². The van der Waals surface area contributed by atoms with Crippen LogP contribution in [0.5, 0.6) is 0 Å². The summed E-state index contributed by atoms with van der Waals surface area (Å²) < 4.78 is 0. The van der Waals surface area contributed by atoms with Crippen molar-refractivity contribution in [1.82, 2.24) is 4.90 Å². The highest BCUT2D eigenvalue weighted by atomic mass is 35.5. The van der Waals surface area contributed by atoms with E-state index in [1.165, 1.54) is 0 Å². The molecule has 0 spiro atoms. The average molecular weight is 268 g/mol. The number of aliphatic hydroxyl groups is 1. The number of hydrogen-bond donors (Lipinski definition) is 1. The lowest BCUT2D eigenvalue weighted by Gasteiger charge is -2.30. The molecule has 18 heavy (non-hydrogen) atoms. The third kappa shape index (κ3) is 3.31. The molecule has 1 aliphatic rings. The Morgan fingerprint density at radius 1 is 1.33 bits per heavy atom. The molecule has 1 saturated heterocycles. The minimum atomic E-state index is 0.0723. The SMILES string of the molecule is O=C(CN1CCC(CO)CC1)c1ccccc1Cl. The zero-order valence-electron chi connectivity index (χ0n) is 10.3. The third-order valence-corrected chi connectivity index (χ3v) is 3.84. The summed E-state index contributed by atoms with van der Waals surface area (Å²) in [6.07, 6.45) is 1.93. The van der Waals surface area contributed by atoms with Gasteiger partial charge in [-0.1, -0.05) is 23.7 Å². The number of carbonyl (C=O) groups excluding carboxylic acids is 1. The van der Waals surface area contributed by atoms with Crippen molar-refractivity contribution in [3.8, 4) is 0 Å². The summed E-state index contributed by atoms with van der Waals surface area (Å²) in [5.41, 5.74) is 0.600. The fraction of sp³-hybridized carbons (Fsp3) is 0.500. The van der Waals surface area contributed by atoms with Crippen molar-refractivity contribution in [3.63, 3.8) is 0 Å². The fourth-order valence-corrected chi connectivity index (χ4v) is 2.54. The van der Waals surface area contributed by atoms with Gasteiger partial charge in [-0.25, -0.2) is 0 Å². The van der Waals surface area contributed by atoms with Gasteiger partial charge in [-0.2, -0.15) is 0 Å². The monoisotopic (exact) mass is 267 g/mol. The number of aliphatic hydroxyl groups excluding tert-OH is 1. The molecule has 0 unspecified atom stereocenters. The van der Waals surface area contributed by atoms with Crippen molar-refractivity contribution in [2.24, 2.45) is 5.92 Å². The predicted molar refractivity (Wildman–Crippen MR) is 72.0 cm³/mol. The number of likely N-dealkylation sites (tertiary alicyclic amines) is 1. The summed E-state index contributed by atoms with van der Waals surface area (Å²) in [5.74, 6) is 0.472. The predicted octanol–water partition coefficient (Wildman–Crippen LogP) is 2.23. The molecule has 1 aliphatic heterocycles. The standard InChI is InChI=1S/C14H18ClNO2/c15-13-4-2-1-3-12(13)14(18)9-16-7-5-11(10-17)6-8-16/h1-4,11,17H,5-10H2. The lowest BCUT2D eigenvalue weighted by Crippen LogP contribution is -2.38. The van der Waals surface area contributed by atoms with E-state index < -0.39 is 0 Å². The molecule has 1 aromatic carbocycles. The molecule has 0 aliphatic carbocycles. The van der Waals surface area contributed by atoms with Crippen LogP contribution >= 0.6 is 11.6 Å². The highest BCUT2D eigenvalue weighted by molar-refractivity contribution is 6.34. The fourth-order valence-electron chi connectivity index (χ4n) is 2.30. The van der Waals surface area contributed by atoms with Crippen molar-refractivity contribution in [3.05, 3.63) is 34.9 Å². The Balaban J connectivity index is 1.91. The molecule has 3 nitrogen and oxygen atoms in total. The zero-order chi connectivity index (χ0) is 13.0. The maximum absolute atomic E-state index is 12.1. The van der Waals surface area contributed by atoms with Gasteiger partial charge in [0.1, 0.15) is 0 Å². The molecular weight excluding hydrogens is 250 g/mol. The summed E-state index contributed by atoms with van der Waals surface area (Å²) in [7, 11) is 0. The number of nitrogens with zero attached hydrogens (tertiary/aromatic N) is 1. The summed E-state index contributed by atoms with van der Waals surface area (Å²) >= 11 is 6.01. The van der Waals surface area contributed by atoms with Crippen LogP contribution in [-0.2, 0) is 0 Å². The van der Waals surface area contributed by atoms with Crippen LogP contribution in [0, 0.1) is 5.92 Å². The average Bonchev–Trinajstić information content (AvgIpc) is 2.40. The van der Waals surface area contributed by atoms with Crippen LogP contribution in [0.2, 0.25) is 5.02 Å². The molecule has 0 aromatic heterocycles. The maximum Gasteiger partial charge on any atom is 0.178 e. The molecule has 98 valence electrons. The Kier molecular flexibility index (Phi) is 4.75. The van der Waals surface area contributed by atoms with E-state index in [0.717, 1.165) is 25.9 Å². The first-order valence-corrected chi connectivity index (χ1v) is 6.69. The van der Waals surface area contributed by atoms with Gasteiger partial charge in [-0.05, 0) is 44.0 Å². The molecule has 0 radical (unpaired) electrons. The molecule has 0 amide bonds. The Hall–Kier alpha value is -0.900. The highest BCUT2D eigenvalue weighted by Crippen LogP contribution is 2.19. The van der Waals surface area contributed by atoms with E-state index in [9.17, 15) is 4.79 Å². The number of benzene rings is 1. The van der Waals surface area contributed by atoms with Crippen LogP contribution in [0.4, 0.5) is 0 Å². The number of rotatable bonds is 4. The van der Waals surface area contributed by atoms with E-state index in [4.69, 9.17) is 16.7 Å². The van der Waals surface area contributed by atoms with Gasteiger partial charge in [-0.15, -0.1) is 0 Å². The molecular formula is C14H18ClNO2. The second-order valence-electron chi connectivity index (χ2n) is 4.81. The molecule has 0 bridgehead atoms. The molecule has 2 rings (SSSR count). The van der Waals surface area contributed by atoms with E-state index in [-0.39, 0.29) is 12.4 Å². The van der Waals surface area contributed by atoms with Crippen molar-refractivity contribution >= 4 is 17.4 Å². The first kappa shape index (κ1) is 13.5. The van der Waals surface area contributed by atoms with Gasteiger partial charge in [0.2, 0.25) is 0 Å². The molecule has 0 atom stereocenters. The summed E-state index contributed by atoms with van der Waals surface area (Å²) in [6, 6.07) is 7.17. The van der Waals surface area contributed by atoms with E-state index in [1.807, 2.05) is 12.1 Å². The van der Waals surface area contributed by atoms with Crippen LogP contribution in [0.15, 0.2) is 24.3 Å². The molecule has 1 fully saturated rings. The number of halogens is 1. The Morgan fingerprint density at radius 3 is 2.61 bits per heavy atom. The van der Waals surface area contributed by atoms with Crippen LogP contribution in [0.3, 0.4) is 0 Å². The largest absolute Gasteiger partial charge is 0.396 e. The van der Waals surface area contributed by atoms with Gasteiger partial charge >= 0.3 is 0 Å². The second kappa shape index (κ2) is 6.32. The summed E-state index contributed by atoms with van der Waals surface area (Å²) in [6.45, 7) is 2.43. The minimum absolute atomic E-state index is 0.0723. The second-order valence-corrected chi connectivity index (χ2v) is 5.21. The van der Waals surface area contributed by atoms with Gasteiger partial charge in [0.15, 0.2) is 5.78 Å². The van der Waals surface area contributed by atoms with Gasteiger partial charge < -0.3 is 5.11 Å². The molecule has 0 saturated carbocycles. The lowest BCUT2D eigenvalue weighted by atomic mass is 9.97. The smallest absolute Gasteiger partial charge is 0.178 e. The molecule has 4 heteroatoms. The highest BCUT2D eigenvalue weighted by Gasteiger charge is 2.21. The van der Waals surface area contributed by atoms with Crippen LogP contribution in [-0.4, -0.2) is 42.0 Å². The lowest BCUT2D eigenvalue weighted by molar-refractivity contribution is 0.0864. The normalized spacial score (nSPS) is 17.9. The topological polar surface area (TPSA) is 40.5 Å². The first-order chi connectivity index (χ1) is 8.70. The van der Waals surface area contributed by atoms with Gasteiger partial charge in [0.25, 0.3) is 0 Å². The van der Waals surface area contributed by atoms with E-state index in [2.05, 4.69) is 4.90 Å². The van der Waals surface area contributed by atoms with E-state index >= 15 is 0 Å². The van der Waals surface area contributed by atoms with Crippen molar-refractivity contribution in [1.29, 1.82) is 0 Å². The first-order valence-electron chi connectivity index (χ1n) is 6.31. The van der Waals surface area contributed by atoms with Crippen LogP contribution in [0.1, 0.15) is 23.2 Å². The number of ketones is 1. The third-order valence-electron chi connectivity index (χ3n) is 3.51. The number of Topliss-reactive ketones (excluding diaryl/α,β-unsaturated/α-hetero) is 1. The number of carbonyl (C=O) groups is 1. The van der Waals surface area contributed by atoms with Gasteiger partial charge in [-0.3, -0.25) is 9.69 Å². The van der Waals surface area contributed by atoms with Crippen LogP contribution in [0.25, 0.3) is 0 Å². The zero-order valence-corrected chi connectivity index (χ0v) is 11.1. The summed E-state index contributed by atoms with van der Waals surface area (Å²) in [5, 5.41) is 9.59. The molecule has 1 heterocycles. The number of hydrogen-bond acceptors (Lipinski definition) is 3. The molecule has 1 aromatic rings.